The third-order valence-electron chi connectivity index (χ3n) is 6.63. The first-order valence-electron chi connectivity index (χ1n) is 10.7. The maximum atomic E-state index is 13.0. The molecule has 0 radical (unpaired) electrons. The van der Waals surface area contributed by atoms with Crippen molar-refractivity contribution in [2.45, 2.75) is 37.8 Å². The summed E-state index contributed by atoms with van der Waals surface area (Å²) in [4.78, 5) is 27.5. The van der Waals surface area contributed by atoms with E-state index in [2.05, 4.69) is 35.7 Å². The van der Waals surface area contributed by atoms with E-state index in [0.717, 1.165) is 19.4 Å². The van der Waals surface area contributed by atoms with Crippen molar-refractivity contribution in [3.63, 3.8) is 0 Å². The minimum Gasteiger partial charge on any atom is -0.449 e. The Morgan fingerprint density at radius 2 is 1.73 bits per heavy atom. The first-order valence-corrected chi connectivity index (χ1v) is 10.7. The summed E-state index contributed by atoms with van der Waals surface area (Å²) in [6.45, 7) is 2.96. The molecule has 3 aliphatic rings. The third kappa shape index (κ3) is 3.18. The van der Waals surface area contributed by atoms with Gasteiger partial charge in [-0.15, -0.1) is 0 Å². The minimum atomic E-state index is -0.583. The molecule has 0 spiro atoms. The fourth-order valence-electron chi connectivity index (χ4n) is 5.04. The maximum absolute atomic E-state index is 13.0. The van der Waals surface area contributed by atoms with Crippen LogP contribution in [0.15, 0.2) is 60.7 Å². The average molecular weight is 402 g/mol. The summed E-state index contributed by atoms with van der Waals surface area (Å²) >= 11 is 0. The number of alkyl carbamates (subject to hydrolysis) is 1. The average Bonchev–Trinajstić information content (AvgIpc) is 3.34. The van der Waals surface area contributed by atoms with Crippen molar-refractivity contribution in [2.24, 2.45) is 5.92 Å². The molecule has 0 unspecified atom stereocenters. The smallest absolute Gasteiger partial charge is 0.407 e. The van der Waals surface area contributed by atoms with E-state index in [1.54, 1.807) is 0 Å². The zero-order chi connectivity index (χ0) is 20.7. The summed E-state index contributed by atoms with van der Waals surface area (Å²) in [6, 6.07) is 16.1. The number of hydrogen-bond donors (Lipinski definition) is 1. The molecule has 2 heterocycles. The van der Waals surface area contributed by atoms with Crippen LogP contribution in [0.4, 0.5) is 4.79 Å². The van der Waals surface area contributed by atoms with Crippen LogP contribution in [-0.4, -0.2) is 42.1 Å². The summed E-state index contributed by atoms with van der Waals surface area (Å²) in [5.74, 6) is -0.0691. The van der Waals surface area contributed by atoms with Gasteiger partial charge in [-0.05, 0) is 35.1 Å². The minimum absolute atomic E-state index is 0.00765. The van der Waals surface area contributed by atoms with E-state index in [1.165, 1.54) is 22.3 Å². The topological polar surface area (TPSA) is 58.6 Å². The molecule has 0 bridgehead atoms. The van der Waals surface area contributed by atoms with Crippen LogP contribution in [0.1, 0.15) is 36.8 Å². The van der Waals surface area contributed by atoms with E-state index in [4.69, 9.17) is 4.74 Å². The van der Waals surface area contributed by atoms with Crippen molar-refractivity contribution in [2.75, 3.05) is 13.2 Å². The molecule has 2 aromatic rings. The van der Waals surface area contributed by atoms with Gasteiger partial charge in [-0.1, -0.05) is 67.6 Å². The second kappa shape index (κ2) is 7.63. The number of hydrogen-bond acceptors (Lipinski definition) is 3. The van der Waals surface area contributed by atoms with Crippen molar-refractivity contribution in [1.82, 2.24) is 10.2 Å². The Bertz CT molecular complexity index is 969. The second-order valence-corrected chi connectivity index (χ2v) is 8.43. The summed E-state index contributed by atoms with van der Waals surface area (Å²) in [7, 11) is 0. The standard InChI is InChI=1S/C25H26N2O3/c1-16-12-13-17-7-6-14-27(17)24(28)23(16)26-25(29)30-15-22-20-10-4-2-8-18(20)19-9-3-5-11-21(19)22/h2-5,8-13,16-17,22-23H,6-7,14-15H2,1H3,(H,26,29)/t16-,17-,23+/m1/s1. The van der Waals surface area contributed by atoms with E-state index in [9.17, 15) is 9.59 Å². The molecular weight excluding hydrogens is 376 g/mol. The number of benzene rings is 2. The van der Waals surface area contributed by atoms with Crippen molar-refractivity contribution in [3.05, 3.63) is 71.8 Å². The van der Waals surface area contributed by atoms with Crippen LogP contribution in [0.25, 0.3) is 11.1 Å². The molecule has 5 heteroatoms. The summed E-state index contributed by atoms with van der Waals surface area (Å²) in [5, 5.41) is 2.84. The summed E-state index contributed by atoms with van der Waals surface area (Å²) in [6.07, 6.45) is 5.62. The second-order valence-electron chi connectivity index (χ2n) is 8.43. The van der Waals surface area contributed by atoms with Crippen LogP contribution in [0.5, 0.6) is 0 Å². The predicted molar refractivity (Wildman–Crippen MR) is 115 cm³/mol. The van der Waals surface area contributed by atoms with Gasteiger partial charge < -0.3 is 15.0 Å². The Morgan fingerprint density at radius 3 is 2.43 bits per heavy atom. The van der Waals surface area contributed by atoms with Crippen molar-refractivity contribution in [3.8, 4) is 11.1 Å². The Balaban J connectivity index is 1.29. The van der Waals surface area contributed by atoms with Crippen molar-refractivity contribution in [1.29, 1.82) is 0 Å². The van der Waals surface area contributed by atoms with Crippen LogP contribution in [0.3, 0.4) is 0 Å². The Morgan fingerprint density at radius 1 is 1.07 bits per heavy atom. The molecule has 1 N–H and O–H groups in total. The number of fused-ring (bicyclic) bond motifs is 4. The van der Waals surface area contributed by atoms with Crippen LogP contribution < -0.4 is 5.32 Å². The SMILES string of the molecule is C[C@@H]1C=C[C@H]2CCCN2C(=O)[C@H]1NC(=O)OCC1c2ccccc2-c2ccccc21. The van der Waals surface area contributed by atoms with Crippen molar-refractivity contribution < 1.29 is 14.3 Å². The van der Waals surface area contributed by atoms with Gasteiger partial charge in [0.2, 0.25) is 5.91 Å². The molecule has 2 amide bonds. The van der Waals surface area contributed by atoms with E-state index in [0.29, 0.717) is 0 Å². The molecule has 1 aliphatic carbocycles. The Labute approximate surface area is 176 Å². The monoisotopic (exact) mass is 402 g/mol. The number of amides is 2. The Hall–Kier alpha value is -3.08. The van der Waals surface area contributed by atoms with E-state index < -0.39 is 12.1 Å². The normalized spacial score (nSPS) is 24.8. The largest absolute Gasteiger partial charge is 0.449 e. The first kappa shape index (κ1) is 18.9. The molecule has 154 valence electrons. The molecule has 0 aromatic heterocycles. The maximum Gasteiger partial charge on any atom is 0.407 e. The first-order chi connectivity index (χ1) is 14.6. The summed E-state index contributed by atoms with van der Waals surface area (Å²) < 4.78 is 5.65. The molecule has 2 aliphatic heterocycles. The fraction of sp³-hybridized carbons (Fsp3) is 0.360. The van der Waals surface area contributed by atoms with Gasteiger partial charge in [0.05, 0.1) is 6.04 Å². The highest BCUT2D eigenvalue weighted by Crippen LogP contribution is 2.44. The van der Waals surface area contributed by atoms with Crippen LogP contribution in [0, 0.1) is 5.92 Å². The third-order valence-corrected chi connectivity index (χ3v) is 6.63. The van der Waals surface area contributed by atoms with Gasteiger partial charge in [-0.2, -0.15) is 0 Å². The zero-order valence-electron chi connectivity index (χ0n) is 17.1. The summed E-state index contributed by atoms with van der Waals surface area (Å²) in [5.41, 5.74) is 4.74. The molecule has 1 fully saturated rings. The van der Waals surface area contributed by atoms with Crippen LogP contribution in [0.2, 0.25) is 0 Å². The molecule has 5 nitrogen and oxygen atoms in total. The highest BCUT2D eigenvalue weighted by molar-refractivity contribution is 5.87. The number of carbonyl (C=O) groups is 2. The van der Waals surface area contributed by atoms with E-state index in [1.807, 2.05) is 42.2 Å². The lowest BCUT2D eigenvalue weighted by Crippen LogP contribution is -2.51. The number of nitrogens with zero attached hydrogens (tertiary/aromatic N) is 1. The highest BCUT2D eigenvalue weighted by atomic mass is 16.5. The Kier molecular flexibility index (Phi) is 4.81. The van der Waals surface area contributed by atoms with Crippen LogP contribution in [-0.2, 0) is 9.53 Å². The molecule has 3 atom stereocenters. The lowest BCUT2D eigenvalue weighted by atomic mass is 9.98. The number of nitrogens with one attached hydrogen (secondary N) is 1. The van der Waals surface area contributed by atoms with Gasteiger partial charge in [0, 0.05) is 18.4 Å². The quantitative estimate of drug-likeness (QED) is 0.787. The van der Waals surface area contributed by atoms with Gasteiger partial charge in [-0.25, -0.2) is 4.79 Å². The molecule has 1 saturated heterocycles. The molecule has 0 saturated carbocycles. The number of ether oxygens (including phenoxy) is 1. The van der Waals surface area contributed by atoms with Crippen LogP contribution >= 0.6 is 0 Å². The van der Waals surface area contributed by atoms with Gasteiger partial charge >= 0.3 is 6.09 Å². The molecule has 5 rings (SSSR count). The fourth-order valence-corrected chi connectivity index (χ4v) is 5.04. The highest BCUT2D eigenvalue weighted by Gasteiger charge is 2.38. The van der Waals surface area contributed by atoms with Gasteiger partial charge in [0.1, 0.15) is 12.6 Å². The number of carbonyl (C=O) groups excluding carboxylic acids is 2. The predicted octanol–water partition coefficient (Wildman–Crippen LogP) is 4.09. The van der Waals surface area contributed by atoms with E-state index >= 15 is 0 Å². The molecule has 2 aromatic carbocycles. The molecule has 30 heavy (non-hydrogen) atoms. The van der Waals surface area contributed by atoms with Crippen molar-refractivity contribution >= 4 is 12.0 Å². The van der Waals surface area contributed by atoms with E-state index in [-0.39, 0.29) is 30.4 Å². The van der Waals surface area contributed by atoms with Gasteiger partial charge in [0.25, 0.3) is 0 Å². The lowest BCUT2D eigenvalue weighted by molar-refractivity contribution is -0.133. The number of rotatable bonds is 3. The lowest BCUT2D eigenvalue weighted by Gasteiger charge is -2.27. The van der Waals surface area contributed by atoms with Gasteiger partial charge in [0.15, 0.2) is 0 Å². The zero-order valence-corrected chi connectivity index (χ0v) is 17.1. The van der Waals surface area contributed by atoms with Gasteiger partial charge in [-0.3, -0.25) is 4.79 Å². The molecular formula is C25H26N2O3.